The number of amides is 1. The molecule has 0 radical (unpaired) electrons. The molecule has 2 fully saturated rings. The Balaban J connectivity index is 0.000000493. The van der Waals surface area contributed by atoms with Crippen LogP contribution < -0.4 is 15.0 Å². The zero-order chi connectivity index (χ0) is 29.9. The number of nitrogens with one attached hydrogen (secondary N) is 1. The first kappa shape index (κ1) is 30.3. The molecule has 1 saturated carbocycles. The number of hydrogen-bond donors (Lipinski definition) is 2. The summed E-state index contributed by atoms with van der Waals surface area (Å²) in [6, 6.07) is 3.57. The maximum Gasteiger partial charge on any atom is 0.490 e. The van der Waals surface area contributed by atoms with Gasteiger partial charge < -0.3 is 25.0 Å². The highest BCUT2D eigenvalue weighted by Crippen LogP contribution is 2.34. The predicted molar refractivity (Wildman–Crippen MR) is 139 cm³/mol. The topological polar surface area (TPSA) is 108 Å². The second-order valence-electron chi connectivity index (χ2n) is 10.6. The van der Waals surface area contributed by atoms with Gasteiger partial charge in [-0.1, -0.05) is 0 Å². The van der Waals surface area contributed by atoms with Crippen LogP contribution in [-0.4, -0.2) is 69.8 Å². The smallest absolute Gasteiger partial charge is 0.487 e. The number of carboxylic acids is 1. The molecule has 41 heavy (non-hydrogen) atoms. The van der Waals surface area contributed by atoms with Crippen LogP contribution in [-0.2, 0) is 22.6 Å². The van der Waals surface area contributed by atoms with E-state index in [9.17, 15) is 26.7 Å². The number of anilines is 2. The zero-order valence-corrected chi connectivity index (χ0v) is 22.7. The Morgan fingerprint density at radius 3 is 2.27 bits per heavy atom. The number of ether oxygens (including phenoxy) is 1. The molecule has 14 heteroatoms. The number of carbonyl (C=O) groups is 2. The van der Waals surface area contributed by atoms with E-state index in [2.05, 4.69) is 24.1 Å². The summed E-state index contributed by atoms with van der Waals surface area (Å²) >= 11 is 0. The number of aliphatic carboxylic acids is 1. The number of carbonyl (C=O) groups excluding carboxylic acids is 1. The molecule has 2 N–H and O–H groups in total. The highest BCUT2D eigenvalue weighted by Gasteiger charge is 2.38. The van der Waals surface area contributed by atoms with E-state index in [1.54, 1.807) is 0 Å². The summed E-state index contributed by atoms with van der Waals surface area (Å²) in [5.74, 6) is -1.97. The molecule has 1 saturated heterocycles. The molecule has 0 atom stereocenters. The van der Waals surface area contributed by atoms with Gasteiger partial charge in [0.05, 0.1) is 17.9 Å². The maximum absolute atomic E-state index is 14.0. The third-order valence-corrected chi connectivity index (χ3v) is 6.83. The lowest BCUT2D eigenvalue weighted by atomic mass is 10.1. The van der Waals surface area contributed by atoms with Crippen molar-refractivity contribution in [3.8, 4) is 5.75 Å². The van der Waals surface area contributed by atoms with Crippen LogP contribution in [0.25, 0.3) is 0 Å². The lowest BCUT2D eigenvalue weighted by Gasteiger charge is -2.35. The average molecular weight is 586 g/mol. The largest absolute Gasteiger partial charge is 0.490 e. The molecule has 1 aromatic carbocycles. The van der Waals surface area contributed by atoms with Gasteiger partial charge in [-0.05, 0) is 38.8 Å². The lowest BCUT2D eigenvalue weighted by Crippen LogP contribution is -2.41. The van der Waals surface area contributed by atoms with Crippen molar-refractivity contribution in [1.29, 1.82) is 0 Å². The van der Waals surface area contributed by atoms with E-state index in [4.69, 9.17) is 24.6 Å². The van der Waals surface area contributed by atoms with Crippen LogP contribution in [0, 0.1) is 17.6 Å². The first-order valence-electron chi connectivity index (χ1n) is 13.4. The molecule has 3 aliphatic rings. The molecular formula is C27H32F5N5O4. The number of nitrogens with zero attached hydrogens (tertiary/aromatic N) is 4. The Morgan fingerprint density at radius 2 is 1.71 bits per heavy atom. The summed E-state index contributed by atoms with van der Waals surface area (Å²) in [5.41, 5.74) is 1.83. The second kappa shape index (κ2) is 12.4. The number of alkyl halides is 3. The highest BCUT2D eigenvalue weighted by molar-refractivity contribution is 5.81. The third-order valence-electron chi connectivity index (χ3n) is 6.83. The van der Waals surface area contributed by atoms with E-state index in [1.807, 2.05) is 4.90 Å². The van der Waals surface area contributed by atoms with Crippen LogP contribution in [0.1, 0.15) is 50.9 Å². The summed E-state index contributed by atoms with van der Waals surface area (Å²) in [4.78, 5) is 35.5. The van der Waals surface area contributed by atoms with Crippen LogP contribution in [0.3, 0.4) is 0 Å². The summed E-state index contributed by atoms with van der Waals surface area (Å²) in [5, 5.41) is 10.6. The van der Waals surface area contributed by atoms with Gasteiger partial charge in [-0.2, -0.15) is 13.2 Å². The summed E-state index contributed by atoms with van der Waals surface area (Å²) in [7, 11) is 0. The summed E-state index contributed by atoms with van der Waals surface area (Å²) in [6.45, 7) is 6.72. The fourth-order valence-electron chi connectivity index (χ4n) is 4.63. The minimum absolute atomic E-state index is 0.0842. The van der Waals surface area contributed by atoms with E-state index in [-0.39, 0.29) is 29.7 Å². The molecule has 1 aromatic heterocycles. The Hall–Kier alpha value is -3.71. The van der Waals surface area contributed by atoms with Crippen molar-refractivity contribution in [3.05, 3.63) is 41.2 Å². The van der Waals surface area contributed by atoms with Crippen LogP contribution in [0.2, 0.25) is 0 Å². The number of piperidine rings is 1. The predicted octanol–water partition coefficient (Wildman–Crippen LogP) is 4.55. The highest BCUT2D eigenvalue weighted by atomic mass is 19.4. The first-order chi connectivity index (χ1) is 19.3. The average Bonchev–Trinajstić information content (AvgIpc) is 3.75. The molecule has 2 aromatic rings. The number of hydrogen-bond acceptors (Lipinski definition) is 7. The SMILES string of the molecule is CC(C)Nc1nc2c(nc1N1CCC(Oc3ccc(F)cc3F)CC1)CCN(C(=O)C1CC1)C2.O=C(O)C(F)(F)F. The van der Waals surface area contributed by atoms with Gasteiger partial charge >= 0.3 is 12.1 Å². The second-order valence-corrected chi connectivity index (χ2v) is 10.6. The standard InChI is InChI=1S/C25H31F2N5O2.C2HF3O2/c1-15(2)28-23-24(30-20-9-12-32(14-21(20)29-23)25(33)16-3-4-16)31-10-7-18(8-11-31)34-22-6-5-17(26)13-19(22)27;3-2(4,5)1(6)7/h5-6,13,15-16,18H,3-4,7-12,14H2,1-2H3,(H,28,29);(H,6,7). The molecular weight excluding hydrogens is 553 g/mol. The number of fused-ring (bicyclic) bond motifs is 1. The van der Waals surface area contributed by atoms with E-state index < -0.39 is 23.8 Å². The van der Waals surface area contributed by atoms with E-state index in [0.717, 1.165) is 41.9 Å². The molecule has 224 valence electrons. The Bertz CT molecular complexity index is 1260. The van der Waals surface area contributed by atoms with Gasteiger partial charge in [0.25, 0.3) is 0 Å². The van der Waals surface area contributed by atoms with Crippen LogP contribution in [0.15, 0.2) is 18.2 Å². The van der Waals surface area contributed by atoms with E-state index >= 15 is 0 Å². The van der Waals surface area contributed by atoms with Crippen molar-refractivity contribution >= 4 is 23.5 Å². The van der Waals surface area contributed by atoms with Gasteiger partial charge in [-0.3, -0.25) is 4.79 Å². The molecule has 1 amide bonds. The molecule has 5 rings (SSSR count). The summed E-state index contributed by atoms with van der Waals surface area (Å²) in [6.07, 6.45) is -1.13. The normalized spacial score (nSPS) is 17.5. The lowest BCUT2D eigenvalue weighted by molar-refractivity contribution is -0.192. The van der Waals surface area contributed by atoms with Gasteiger partial charge in [0.15, 0.2) is 23.2 Å². The molecule has 3 heterocycles. The summed E-state index contributed by atoms with van der Waals surface area (Å²) < 4.78 is 64.7. The number of aromatic nitrogens is 2. The van der Waals surface area contributed by atoms with Gasteiger partial charge in [-0.25, -0.2) is 23.5 Å². The van der Waals surface area contributed by atoms with Crippen LogP contribution in [0.4, 0.5) is 33.6 Å². The van der Waals surface area contributed by atoms with Crippen LogP contribution in [0.5, 0.6) is 5.75 Å². The van der Waals surface area contributed by atoms with Crippen molar-refractivity contribution in [2.24, 2.45) is 5.92 Å². The zero-order valence-electron chi connectivity index (χ0n) is 22.7. The third kappa shape index (κ3) is 7.94. The molecule has 0 bridgehead atoms. The Labute approximate surface area is 233 Å². The number of halogens is 5. The van der Waals surface area contributed by atoms with E-state index in [0.29, 0.717) is 45.4 Å². The van der Waals surface area contributed by atoms with Crippen molar-refractivity contribution in [2.75, 3.05) is 29.9 Å². The minimum atomic E-state index is -5.08. The maximum atomic E-state index is 14.0. The van der Waals surface area contributed by atoms with Crippen molar-refractivity contribution < 1.29 is 41.4 Å². The minimum Gasteiger partial charge on any atom is -0.487 e. The molecule has 1 aliphatic carbocycles. The molecule has 0 unspecified atom stereocenters. The molecule has 0 spiro atoms. The molecule has 2 aliphatic heterocycles. The number of carboxylic acid groups (broad SMARTS) is 1. The number of rotatable bonds is 6. The van der Waals surface area contributed by atoms with Crippen molar-refractivity contribution in [3.63, 3.8) is 0 Å². The van der Waals surface area contributed by atoms with Crippen molar-refractivity contribution in [2.45, 2.75) is 70.8 Å². The van der Waals surface area contributed by atoms with Gasteiger partial charge in [0.2, 0.25) is 5.91 Å². The number of benzene rings is 1. The quantitative estimate of drug-likeness (QED) is 0.476. The van der Waals surface area contributed by atoms with Gasteiger partial charge in [0.1, 0.15) is 11.9 Å². The van der Waals surface area contributed by atoms with Crippen molar-refractivity contribution in [1.82, 2.24) is 14.9 Å². The fourth-order valence-corrected chi connectivity index (χ4v) is 4.63. The van der Waals surface area contributed by atoms with Crippen LogP contribution >= 0.6 is 0 Å². The Morgan fingerprint density at radius 1 is 1.05 bits per heavy atom. The first-order valence-corrected chi connectivity index (χ1v) is 13.4. The van der Waals surface area contributed by atoms with Gasteiger partial charge in [-0.15, -0.1) is 0 Å². The van der Waals surface area contributed by atoms with E-state index in [1.165, 1.54) is 12.1 Å². The monoisotopic (exact) mass is 585 g/mol. The Kier molecular flexibility index (Phi) is 9.17. The van der Waals surface area contributed by atoms with Gasteiger partial charge in [0, 0.05) is 56.9 Å². The molecule has 9 nitrogen and oxygen atoms in total. The fraction of sp³-hybridized carbons (Fsp3) is 0.556.